The van der Waals surface area contributed by atoms with Gasteiger partial charge in [0.2, 0.25) is 5.78 Å². The van der Waals surface area contributed by atoms with E-state index in [0.717, 1.165) is 0 Å². The number of Topliss-reactive ketones (excluding diaryl/α,β-unsaturated/α-hetero) is 1. The molecule has 7 nitrogen and oxygen atoms in total. The van der Waals surface area contributed by atoms with E-state index in [2.05, 4.69) is 0 Å². The van der Waals surface area contributed by atoms with Gasteiger partial charge in [0.25, 0.3) is 0 Å². The van der Waals surface area contributed by atoms with Gasteiger partial charge in [-0.3, -0.25) is 4.79 Å². The molecule has 0 spiro atoms. The minimum atomic E-state index is -0.849. The van der Waals surface area contributed by atoms with Crippen LogP contribution in [0.5, 0.6) is 0 Å². The Morgan fingerprint density at radius 2 is 1.77 bits per heavy atom. The van der Waals surface area contributed by atoms with E-state index in [0.29, 0.717) is 6.61 Å². The monoisotopic (exact) mass is 316 g/mol. The van der Waals surface area contributed by atoms with E-state index < -0.39 is 35.5 Å². The summed E-state index contributed by atoms with van der Waals surface area (Å²) in [7, 11) is 0. The van der Waals surface area contributed by atoms with Gasteiger partial charge in [-0.1, -0.05) is 0 Å². The van der Waals surface area contributed by atoms with Crippen LogP contribution in [-0.4, -0.2) is 54.9 Å². The van der Waals surface area contributed by atoms with E-state index >= 15 is 0 Å². The minimum absolute atomic E-state index is 0.104. The maximum atomic E-state index is 11.9. The zero-order chi connectivity index (χ0) is 16.5. The lowest BCUT2D eigenvalue weighted by Gasteiger charge is -2.23. The molecule has 2 fully saturated rings. The molecule has 2 aliphatic heterocycles. The lowest BCUT2D eigenvalue weighted by molar-refractivity contribution is -0.174. The summed E-state index contributed by atoms with van der Waals surface area (Å²) in [5.74, 6) is -3.02. The van der Waals surface area contributed by atoms with Crippen molar-refractivity contribution in [2.75, 3.05) is 13.2 Å². The molecule has 0 N–H and O–H groups in total. The summed E-state index contributed by atoms with van der Waals surface area (Å²) in [6.07, 6.45) is -1.51. The highest BCUT2D eigenvalue weighted by atomic mass is 16.8. The number of hydrogen-bond acceptors (Lipinski definition) is 7. The van der Waals surface area contributed by atoms with Crippen LogP contribution in [0.1, 0.15) is 41.0 Å². The van der Waals surface area contributed by atoms with Crippen molar-refractivity contribution in [3.63, 3.8) is 0 Å². The fraction of sp³-hybridized carbons (Fsp3) is 0.867. The molecule has 0 aromatic heterocycles. The predicted molar refractivity (Wildman–Crippen MR) is 75.0 cm³/mol. The fourth-order valence-electron chi connectivity index (χ4n) is 2.69. The number of rotatable bonds is 5. The Hall–Kier alpha value is -1.02. The van der Waals surface area contributed by atoms with Crippen molar-refractivity contribution in [3.8, 4) is 0 Å². The summed E-state index contributed by atoms with van der Waals surface area (Å²) in [5.41, 5.74) is 0. The van der Waals surface area contributed by atoms with Crippen LogP contribution in [0.4, 0.5) is 0 Å². The van der Waals surface area contributed by atoms with Crippen LogP contribution in [0.25, 0.3) is 0 Å². The lowest BCUT2D eigenvalue weighted by Crippen LogP contribution is -2.40. The van der Waals surface area contributed by atoms with E-state index in [1.165, 1.54) is 0 Å². The molecule has 0 aromatic rings. The molecule has 2 saturated heterocycles. The highest BCUT2D eigenvalue weighted by molar-refractivity contribution is 6.33. The molecule has 7 heteroatoms. The number of esters is 1. The quantitative estimate of drug-likeness (QED) is 0.556. The second-order valence-corrected chi connectivity index (χ2v) is 6.35. The largest absolute Gasteiger partial charge is 0.460 e. The summed E-state index contributed by atoms with van der Waals surface area (Å²) in [5, 5.41) is 0. The second kappa shape index (κ2) is 6.23. The van der Waals surface area contributed by atoms with Crippen LogP contribution in [-0.2, 0) is 33.3 Å². The molecule has 126 valence electrons. The van der Waals surface area contributed by atoms with Gasteiger partial charge in [0.1, 0.15) is 12.2 Å². The third kappa shape index (κ3) is 4.04. The van der Waals surface area contributed by atoms with Crippen LogP contribution in [0.15, 0.2) is 0 Å². The second-order valence-electron chi connectivity index (χ2n) is 6.35. The van der Waals surface area contributed by atoms with Gasteiger partial charge in [0.15, 0.2) is 11.6 Å². The Balaban J connectivity index is 2.04. The van der Waals surface area contributed by atoms with Gasteiger partial charge in [-0.25, -0.2) is 4.79 Å². The Bertz CT molecular complexity index is 443. The molecule has 0 unspecified atom stereocenters. The zero-order valence-corrected chi connectivity index (χ0v) is 13.7. The highest BCUT2D eigenvalue weighted by Gasteiger charge is 2.50. The van der Waals surface area contributed by atoms with Crippen molar-refractivity contribution in [2.45, 2.75) is 70.9 Å². The van der Waals surface area contributed by atoms with Crippen molar-refractivity contribution in [2.24, 2.45) is 0 Å². The van der Waals surface area contributed by atoms with Crippen molar-refractivity contribution in [1.29, 1.82) is 0 Å². The van der Waals surface area contributed by atoms with E-state index in [1.807, 2.05) is 13.8 Å². The molecule has 3 atom stereocenters. The first kappa shape index (κ1) is 17.3. The maximum Gasteiger partial charge on any atom is 0.374 e. The van der Waals surface area contributed by atoms with E-state index in [4.69, 9.17) is 23.7 Å². The number of hydrogen-bond donors (Lipinski definition) is 0. The molecule has 0 saturated carbocycles. The summed E-state index contributed by atoms with van der Waals surface area (Å²) in [4.78, 5) is 23.4. The van der Waals surface area contributed by atoms with Crippen molar-refractivity contribution >= 4 is 11.8 Å². The van der Waals surface area contributed by atoms with Gasteiger partial charge in [0, 0.05) is 6.42 Å². The SMILES string of the molecule is CCOC(=O)C(=O)C[C@H]1OC(C)(C)O[C@@H]1[C@H]1COC(C)(C)O1. The molecule has 2 rings (SSSR count). The Labute approximate surface area is 130 Å². The van der Waals surface area contributed by atoms with Crippen molar-refractivity contribution < 1.29 is 33.3 Å². The third-order valence-corrected chi connectivity index (χ3v) is 3.51. The number of ketones is 1. The third-order valence-electron chi connectivity index (χ3n) is 3.51. The first-order valence-electron chi connectivity index (χ1n) is 7.51. The zero-order valence-electron chi connectivity index (χ0n) is 13.7. The molecule has 22 heavy (non-hydrogen) atoms. The van der Waals surface area contributed by atoms with Crippen LogP contribution < -0.4 is 0 Å². The predicted octanol–water partition coefficient (Wildman–Crippen LogP) is 1.18. The Morgan fingerprint density at radius 3 is 2.32 bits per heavy atom. The van der Waals surface area contributed by atoms with E-state index in [1.54, 1.807) is 20.8 Å². The summed E-state index contributed by atoms with van der Waals surface area (Å²) in [6.45, 7) is 9.31. The summed E-state index contributed by atoms with van der Waals surface area (Å²) >= 11 is 0. The first-order valence-corrected chi connectivity index (χ1v) is 7.51. The number of ether oxygens (including phenoxy) is 5. The van der Waals surface area contributed by atoms with Crippen molar-refractivity contribution in [1.82, 2.24) is 0 Å². The van der Waals surface area contributed by atoms with E-state index in [-0.39, 0.29) is 19.1 Å². The van der Waals surface area contributed by atoms with Crippen LogP contribution in [0, 0.1) is 0 Å². The van der Waals surface area contributed by atoms with Gasteiger partial charge >= 0.3 is 5.97 Å². The average molecular weight is 316 g/mol. The Morgan fingerprint density at radius 1 is 1.09 bits per heavy atom. The van der Waals surface area contributed by atoms with Gasteiger partial charge in [-0.05, 0) is 34.6 Å². The summed E-state index contributed by atoms with van der Waals surface area (Å²) in [6, 6.07) is 0. The normalized spacial score (nSPS) is 32.9. The van der Waals surface area contributed by atoms with Gasteiger partial charge < -0.3 is 23.7 Å². The van der Waals surface area contributed by atoms with E-state index in [9.17, 15) is 9.59 Å². The molecule has 2 aliphatic rings. The average Bonchev–Trinajstić information content (AvgIpc) is 2.89. The van der Waals surface area contributed by atoms with Crippen LogP contribution in [0.2, 0.25) is 0 Å². The molecular formula is C15H24O7. The topological polar surface area (TPSA) is 80.3 Å². The van der Waals surface area contributed by atoms with Crippen molar-refractivity contribution in [3.05, 3.63) is 0 Å². The van der Waals surface area contributed by atoms with Gasteiger partial charge in [0.05, 0.1) is 19.3 Å². The van der Waals surface area contributed by atoms with Gasteiger partial charge in [-0.2, -0.15) is 0 Å². The molecule has 0 aliphatic carbocycles. The molecule has 0 radical (unpaired) electrons. The number of carbonyl (C=O) groups excluding carboxylic acids is 2. The minimum Gasteiger partial charge on any atom is -0.460 e. The first-order chi connectivity index (χ1) is 10.1. The van der Waals surface area contributed by atoms with Crippen LogP contribution >= 0.6 is 0 Å². The van der Waals surface area contributed by atoms with Gasteiger partial charge in [-0.15, -0.1) is 0 Å². The molecule has 0 aromatic carbocycles. The standard InChI is InChI=1S/C15H24O7/c1-6-18-13(17)9(16)7-10-12(22-15(4,5)20-10)11-8-19-14(2,3)21-11/h10-12H,6-8H2,1-5H3/t10-,11-,12+/m1/s1. The fourth-order valence-corrected chi connectivity index (χ4v) is 2.69. The van der Waals surface area contributed by atoms with Crippen LogP contribution in [0.3, 0.4) is 0 Å². The summed E-state index contributed by atoms with van der Waals surface area (Å²) < 4.78 is 27.7. The smallest absolute Gasteiger partial charge is 0.374 e. The Kier molecular flexibility index (Phi) is 4.91. The molecular weight excluding hydrogens is 292 g/mol. The molecule has 0 bridgehead atoms. The highest BCUT2D eigenvalue weighted by Crippen LogP contribution is 2.36. The maximum absolute atomic E-state index is 11.9. The number of carbonyl (C=O) groups is 2. The molecule has 2 heterocycles. The lowest BCUT2D eigenvalue weighted by atomic mass is 10.0. The molecule has 0 amide bonds.